The maximum Gasteiger partial charge on any atom is 0.259 e. The van der Waals surface area contributed by atoms with Crippen LogP contribution in [0.25, 0.3) is 0 Å². The smallest absolute Gasteiger partial charge is 0.259 e. The standard InChI is InChI=1S/C23H20FN3O3/c24-20-12-10-18(11-13-20)23(29)25-15-22(28)27-26-14-19-8-4-5-9-21(19)30-16-17-6-2-1-3-7-17/h1-14H,15-16H2,(H,25,29)(H,27,28)/b26-14+. The highest BCUT2D eigenvalue weighted by Gasteiger charge is 2.08. The second kappa shape index (κ2) is 10.5. The van der Waals surface area contributed by atoms with Gasteiger partial charge in [-0.25, -0.2) is 9.82 Å². The molecule has 0 bridgehead atoms. The summed E-state index contributed by atoms with van der Waals surface area (Å²) in [7, 11) is 0. The Morgan fingerprint density at radius 2 is 1.63 bits per heavy atom. The Bertz CT molecular complexity index is 1020. The van der Waals surface area contributed by atoms with Crippen LogP contribution in [0.4, 0.5) is 4.39 Å². The number of hydrogen-bond donors (Lipinski definition) is 2. The maximum atomic E-state index is 12.9. The van der Waals surface area contributed by atoms with Gasteiger partial charge in [-0.05, 0) is 42.0 Å². The molecule has 0 saturated heterocycles. The third kappa shape index (κ3) is 6.27. The van der Waals surface area contributed by atoms with Crippen LogP contribution < -0.4 is 15.5 Å². The third-order valence-electron chi connectivity index (χ3n) is 4.06. The van der Waals surface area contributed by atoms with Crippen LogP contribution in [0.15, 0.2) is 84.0 Å². The molecule has 0 spiro atoms. The van der Waals surface area contributed by atoms with E-state index < -0.39 is 17.6 Å². The fraction of sp³-hybridized carbons (Fsp3) is 0.0870. The molecule has 6 nitrogen and oxygen atoms in total. The predicted molar refractivity (Wildman–Crippen MR) is 112 cm³/mol. The van der Waals surface area contributed by atoms with Crippen molar-refractivity contribution in [2.24, 2.45) is 5.10 Å². The van der Waals surface area contributed by atoms with E-state index in [0.717, 1.165) is 5.56 Å². The van der Waals surface area contributed by atoms with E-state index in [1.54, 1.807) is 0 Å². The highest BCUT2D eigenvalue weighted by molar-refractivity contribution is 5.96. The summed E-state index contributed by atoms with van der Waals surface area (Å²) in [6.07, 6.45) is 1.47. The van der Waals surface area contributed by atoms with Crippen LogP contribution in [0.1, 0.15) is 21.5 Å². The second-order valence-electron chi connectivity index (χ2n) is 6.29. The number of halogens is 1. The summed E-state index contributed by atoms with van der Waals surface area (Å²) in [5.41, 5.74) is 4.34. The minimum atomic E-state index is -0.496. The van der Waals surface area contributed by atoms with Crippen LogP contribution >= 0.6 is 0 Å². The number of para-hydroxylation sites is 1. The van der Waals surface area contributed by atoms with Gasteiger partial charge in [-0.1, -0.05) is 42.5 Å². The van der Waals surface area contributed by atoms with E-state index in [0.29, 0.717) is 17.9 Å². The Hall–Kier alpha value is -4.00. The van der Waals surface area contributed by atoms with Gasteiger partial charge in [0.15, 0.2) is 0 Å². The lowest BCUT2D eigenvalue weighted by atomic mass is 10.2. The average Bonchev–Trinajstić information content (AvgIpc) is 2.78. The molecule has 0 aliphatic rings. The lowest BCUT2D eigenvalue weighted by Gasteiger charge is -2.09. The summed E-state index contributed by atoms with van der Waals surface area (Å²) < 4.78 is 18.7. The van der Waals surface area contributed by atoms with E-state index in [1.807, 2.05) is 54.6 Å². The number of carbonyl (C=O) groups excluding carboxylic acids is 2. The first-order valence-corrected chi connectivity index (χ1v) is 9.23. The molecule has 0 heterocycles. The van der Waals surface area contributed by atoms with Gasteiger partial charge in [-0.15, -0.1) is 0 Å². The maximum absolute atomic E-state index is 12.9. The van der Waals surface area contributed by atoms with Crippen LogP contribution in [0.5, 0.6) is 5.75 Å². The van der Waals surface area contributed by atoms with E-state index in [-0.39, 0.29) is 12.1 Å². The zero-order valence-corrected chi connectivity index (χ0v) is 16.0. The fourth-order valence-corrected chi connectivity index (χ4v) is 2.53. The van der Waals surface area contributed by atoms with Gasteiger partial charge in [-0.2, -0.15) is 5.10 Å². The zero-order chi connectivity index (χ0) is 21.2. The first-order chi connectivity index (χ1) is 14.6. The molecule has 0 aliphatic carbocycles. The van der Waals surface area contributed by atoms with Gasteiger partial charge in [-0.3, -0.25) is 9.59 Å². The number of hydrogen-bond acceptors (Lipinski definition) is 4. The molecule has 3 rings (SSSR count). The van der Waals surface area contributed by atoms with Gasteiger partial charge >= 0.3 is 0 Å². The Labute approximate surface area is 173 Å². The number of carbonyl (C=O) groups is 2. The number of benzene rings is 3. The summed E-state index contributed by atoms with van der Waals surface area (Å²) in [5.74, 6) is -0.784. The molecule has 3 aromatic carbocycles. The average molecular weight is 405 g/mol. The van der Waals surface area contributed by atoms with Crippen molar-refractivity contribution in [2.45, 2.75) is 6.61 Å². The minimum Gasteiger partial charge on any atom is -0.488 e. The molecule has 0 unspecified atom stereocenters. The van der Waals surface area contributed by atoms with Crippen LogP contribution in [0, 0.1) is 5.82 Å². The van der Waals surface area contributed by atoms with E-state index in [4.69, 9.17) is 4.74 Å². The van der Waals surface area contributed by atoms with Crippen molar-refractivity contribution in [1.82, 2.24) is 10.7 Å². The van der Waals surface area contributed by atoms with E-state index in [1.165, 1.54) is 30.5 Å². The topological polar surface area (TPSA) is 79.8 Å². The molecule has 3 aromatic rings. The van der Waals surface area contributed by atoms with Crippen molar-refractivity contribution in [3.8, 4) is 5.75 Å². The normalized spacial score (nSPS) is 10.6. The Balaban J connectivity index is 1.49. The number of nitrogens with zero attached hydrogens (tertiary/aromatic N) is 1. The molecular weight excluding hydrogens is 385 g/mol. The Kier molecular flexibility index (Phi) is 7.27. The molecule has 0 aromatic heterocycles. The van der Waals surface area contributed by atoms with Gasteiger partial charge in [0, 0.05) is 11.1 Å². The molecule has 0 atom stereocenters. The Morgan fingerprint density at radius 3 is 2.40 bits per heavy atom. The van der Waals surface area contributed by atoms with Crippen LogP contribution in [-0.4, -0.2) is 24.6 Å². The first-order valence-electron chi connectivity index (χ1n) is 9.23. The molecule has 2 N–H and O–H groups in total. The summed E-state index contributed by atoms with van der Waals surface area (Å²) >= 11 is 0. The highest BCUT2D eigenvalue weighted by atomic mass is 19.1. The first kappa shape index (κ1) is 20.7. The molecule has 0 aliphatic heterocycles. The third-order valence-corrected chi connectivity index (χ3v) is 4.06. The SMILES string of the molecule is O=C(CNC(=O)c1ccc(F)cc1)N/N=C/c1ccccc1OCc1ccccc1. The molecule has 2 amide bonds. The number of rotatable bonds is 8. The van der Waals surface area contributed by atoms with Gasteiger partial charge in [0.25, 0.3) is 11.8 Å². The molecular formula is C23H20FN3O3. The lowest BCUT2D eigenvalue weighted by molar-refractivity contribution is -0.120. The van der Waals surface area contributed by atoms with E-state index in [9.17, 15) is 14.0 Å². The molecule has 0 saturated carbocycles. The molecule has 30 heavy (non-hydrogen) atoms. The van der Waals surface area contributed by atoms with Crippen LogP contribution in [-0.2, 0) is 11.4 Å². The molecule has 152 valence electrons. The summed E-state index contributed by atoms with van der Waals surface area (Å²) in [6.45, 7) is 0.146. The molecule has 0 radical (unpaired) electrons. The number of amides is 2. The number of ether oxygens (including phenoxy) is 1. The van der Waals surface area contributed by atoms with Crippen molar-refractivity contribution in [3.05, 3.63) is 101 Å². The largest absolute Gasteiger partial charge is 0.488 e. The summed E-state index contributed by atoms with van der Waals surface area (Å²) in [4.78, 5) is 23.8. The van der Waals surface area contributed by atoms with Gasteiger partial charge in [0.2, 0.25) is 0 Å². The number of nitrogens with one attached hydrogen (secondary N) is 2. The van der Waals surface area contributed by atoms with Crippen molar-refractivity contribution in [3.63, 3.8) is 0 Å². The molecule has 7 heteroatoms. The second-order valence-corrected chi connectivity index (χ2v) is 6.29. The lowest BCUT2D eigenvalue weighted by Crippen LogP contribution is -2.34. The van der Waals surface area contributed by atoms with Crippen LogP contribution in [0.2, 0.25) is 0 Å². The number of hydrazone groups is 1. The summed E-state index contributed by atoms with van der Waals surface area (Å²) in [6, 6.07) is 22.1. The van der Waals surface area contributed by atoms with Gasteiger partial charge in [0.1, 0.15) is 18.2 Å². The zero-order valence-electron chi connectivity index (χ0n) is 16.0. The quantitative estimate of drug-likeness (QED) is 0.446. The van der Waals surface area contributed by atoms with Crippen molar-refractivity contribution in [2.75, 3.05) is 6.54 Å². The van der Waals surface area contributed by atoms with E-state index in [2.05, 4.69) is 15.8 Å². The van der Waals surface area contributed by atoms with Gasteiger partial charge < -0.3 is 10.1 Å². The van der Waals surface area contributed by atoms with Crippen LogP contribution in [0.3, 0.4) is 0 Å². The van der Waals surface area contributed by atoms with Crippen molar-refractivity contribution < 1.29 is 18.7 Å². The summed E-state index contributed by atoms with van der Waals surface area (Å²) in [5, 5.41) is 6.36. The fourth-order valence-electron chi connectivity index (χ4n) is 2.53. The highest BCUT2D eigenvalue weighted by Crippen LogP contribution is 2.17. The van der Waals surface area contributed by atoms with E-state index >= 15 is 0 Å². The Morgan fingerprint density at radius 1 is 0.933 bits per heavy atom. The van der Waals surface area contributed by atoms with Crippen molar-refractivity contribution in [1.29, 1.82) is 0 Å². The van der Waals surface area contributed by atoms with Crippen molar-refractivity contribution >= 4 is 18.0 Å². The predicted octanol–water partition coefficient (Wildman–Crippen LogP) is 3.28. The monoisotopic (exact) mass is 405 g/mol. The molecule has 0 fully saturated rings. The van der Waals surface area contributed by atoms with Gasteiger partial charge in [0.05, 0.1) is 12.8 Å². The minimum absolute atomic E-state index is 0.261.